The first kappa shape index (κ1) is 19.1. The van der Waals surface area contributed by atoms with E-state index < -0.39 is 0 Å². The van der Waals surface area contributed by atoms with Gasteiger partial charge in [0.2, 0.25) is 0 Å². The van der Waals surface area contributed by atoms with E-state index in [1.54, 1.807) is 17.5 Å². The molecule has 2 heterocycles. The van der Waals surface area contributed by atoms with Gasteiger partial charge in [-0.15, -0.1) is 11.3 Å². The summed E-state index contributed by atoms with van der Waals surface area (Å²) in [6.45, 7) is 7.18. The number of imidazole rings is 1. The van der Waals surface area contributed by atoms with Gasteiger partial charge in [-0.1, -0.05) is 24.3 Å². The fraction of sp³-hybridized carbons (Fsp3) is 0.350. The molecule has 0 spiro atoms. The minimum Gasteiger partial charge on any atom is -0.357 e. The summed E-state index contributed by atoms with van der Waals surface area (Å²) in [6.07, 6.45) is 5.61. The number of aliphatic imine (C=N–C) groups is 1. The van der Waals surface area contributed by atoms with Gasteiger partial charge in [-0.05, 0) is 25.0 Å². The van der Waals surface area contributed by atoms with Crippen LogP contribution >= 0.6 is 11.3 Å². The maximum absolute atomic E-state index is 4.78. The first-order valence-corrected chi connectivity index (χ1v) is 9.96. The van der Waals surface area contributed by atoms with Crippen LogP contribution in [0.2, 0.25) is 0 Å². The first-order valence-electron chi connectivity index (χ1n) is 9.08. The molecule has 1 N–H and O–H groups in total. The number of aromatic nitrogens is 3. The van der Waals surface area contributed by atoms with Crippen LogP contribution in [0, 0.1) is 6.92 Å². The number of rotatable bonds is 7. The van der Waals surface area contributed by atoms with Crippen LogP contribution in [0.3, 0.4) is 0 Å². The van der Waals surface area contributed by atoms with Gasteiger partial charge >= 0.3 is 0 Å². The van der Waals surface area contributed by atoms with E-state index in [1.165, 1.54) is 11.1 Å². The van der Waals surface area contributed by atoms with E-state index in [1.807, 2.05) is 26.5 Å². The summed E-state index contributed by atoms with van der Waals surface area (Å²) in [5, 5.41) is 6.56. The lowest BCUT2D eigenvalue weighted by Crippen LogP contribution is -2.38. The zero-order valence-electron chi connectivity index (χ0n) is 16.1. The molecule has 0 aliphatic heterocycles. The molecule has 3 rings (SSSR count). The third kappa shape index (κ3) is 5.65. The van der Waals surface area contributed by atoms with Crippen LogP contribution in [-0.4, -0.2) is 39.0 Å². The molecule has 3 aromatic rings. The first-order chi connectivity index (χ1) is 13.1. The number of aryl methyl sites for hydroxylation is 1. The smallest absolute Gasteiger partial charge is 0.194 e. The van der Waals surface area contributed by atoms with Gasteiger partial charge in [0.25, 0.3) is 0 Å². The second-order valence-electron chi connectivity index (χ2n) is 6.44. The number of guanidine groups is 1. The van der Waals surface area contributed by atoms with Crippen molar-refractivity contribution in [3.05, 3.63) is 70.2 Å². The van der Waals surface area contributed by atoms with Gasteiger partial charge in [0.15, 0.2) is 5.96 Å². The molecule has 0 saturated heterocycles. The number of benzene rings is 1. The number of thiazole rings is 1. The van der Waals surface area contributed by atoms with E-state index in [9.17, 15) is 0 Å². The number of nitrogens with zero attached hydrogens (tertiary/aromatic N) is 5. The minimum absolute atomic E-state index is 0.647. The molecule has 0 atom stereocenters. The van der Waals surface area contributed by atoms with Crippen molar-refractivity contribution in [3.8, 4) is 0 Å². The van der Waals surface area contributed by atoms with Gasteiger partial charge in [-0.2, -0.15) is 0 Å². The Hall–Kier alpha value is -2.67. The average molecular weight is 383 g/mol. The summed E-state index contributed by atoms with van der Waals surface area (Å²) in [5.74, 6) is 0.894. The van der Waals surface area contributed by atoms with Crippen molar-refractivity contribution in [1.82, 2.24) is 24.8 Å². The van der Waals surface area contributed by atoms with Gasteiger partial charge in [0.1, 0.15) is 0 Å². The van der Waals surface area contributed by atoms with E-state index in [2.05, 4.69) is 61.3 Å². The predicted octanol–water partition coefficient (Wildman–Crippen LogP) is 3.29. The zero-order chi connectivity index (χ0) is 19.1. The van der Waals surface area contributed by atoms with E-state index in [0.717, 1.165) is 36.3 Å². The van der Waals surface area contributed by atoms with Crippen LogP contribution in [0.15, 0.2) is 53.4 Å². The molecule has 7 heteroatoms. The third-order valence-corrected chi connectivity index (χ3v) is 4.94. The quantitative estimate of drug-likeness (QED) is 0.503. The molecule has 142 valence electrons. The minimum atomic E-state index is 0.647. The zero-order valence-corrected chi connectivity index (χ0v) is 16.9. The van der Waals surface area contributed by atoms with Crippen LogP contribution in [-0.2, 0) is 19.6 Å². The van der Waals surface area contributed by atoms with Crippen molar-refractivity contribution in [2.75, 3.05) is 13.6 Å². The summed E-state index contributed by atoms with van der Waals surface area (Å²) in [6, 6.07) is 8.59. The summed E-state index contributed by atoms with van der Waals surface area (Å²) < 4.78 is 2.06. The van der Waals surface area contributed by atoms with Crippen molar-refractivity contribution in [1.29, 1.82) is 0 Å². The Balaban J connectivity index is 1.61. The fourth-order valence-corrected chi connectivity index (χ4v) is 3.38. The summed E-state index contributed by atoms with van der Waals surface area (Å²) in [5.41, 5.74) is 3.52. The Morgan fingerprint density at radius 2 is 2.04 bits per heavy atom. The molecule has 0 amide bonds. The van der Waals surface area contributed by atoms with Crippen molar-refractivity contribution < 1.29 is 0 Å². The van der Waals surface area contributed by atoms with Gasteiger partial charge in [-0.25, -0.2) is 15.0 Å². The Bertz CT molecular complexity index is 851. The standard InChI is InChI=1S/C20H26N6S/c1-4-22-20(25(3)13-19-14-27-16(2)24-19)23-11-17-5-7-18(8-6-17)12-26-10-9-21-15-26/h5-10,14-15H,4,11-13H2,1-3H3,(H,22,23). The third-order valence-electron chi connectivity index (χ3n) is 4.12. The Morgan fingerprint density at radius 3 is 2.67 bits per heavy atom. The average Bonchev–Trinajstić information content (AvgIpc) is 3.31. The molecular formula is C20H26N6S. The maximum atomic E-state index is 4.78. The van der Waals surface area contributed by atoms with E-state index in [0.29, 0.717) is 6.54 Å². The Kier molecular flexibility index (Phi) is 6.59. The highest BCUT2D eigenvalue weighted by atomic mass is 32.1. The number of hydrogen-bond donors (Lipinski definition) is 1. The topological polar surface area (TPSA) is 58.3 Å². The molecule has 0 aliphatic rings. The SMILES string of the molecule is CCNC(=NCc1ccc(Cn2ccnc2)cc1)N(C)Cc1csc(C)n1. The van der Waals surface area contributed by atoms with Gasteiger partial charge in [0, 0.05) is 37.9 Å². The summed E-state index contributed by atoms with van der Waals surface area (Å²) in [4.78, 5) is 15.5. The molecule has 0 unspecified atom stereocenters. The second-order valence-corrected chi connectivity index (χ2v) is 7.50. The van der Waals surface area contributed by atoms with E-state index in [4.69, 9.17) is 4.99 Å². The lowest BCUT2D eigenvalue weighted by atomic mass is 10.1. The lowest BCUT2D eigenvalue weighted by Gasteiger charge is -2.21. The molecule has 2 aromatic heterocycles. The van der Waals surface area contributed by atoms with Crippen molar-refractivity contribution >= 4 is 17.3 Å². The highest BCUT2D eigenvalue weighted by Gasteiger charge is 2.08. The molecule has 0 saturated carbocycles. The van der Waals surface area contributed by atoms with Crippen molar-refractivity contribution in [2.45, 2.75) is 33.5 Å². The van der Waals surface area contributed by atoms with Crippen LogP contribution in [0.25, 0.3) is 0 Å². The molecular weight excluding hydrogens is 356 g/mol. The molecule has 6 nitrogen and oxygen atoms in total. The summed E-state index contributed by atoms with van der Waals surface area (Å²) in [7, 11) is 2.05. The molecule has 27 heavy (non-hydrogen) atoms. The van der Waals surface area contributed by atoms with E-state index in [-0.39, 0.29) is 0 Å². The number of nitrogens with one attached hydrogen (secondary N) is 1. The molecule has 0 aliphatic carbocycles. The maximum Gasteiger partial charge on any atom is 0.194 e. The van der Waals surface area contributed by atoms with Crippen LogP contribution < -0.4 is 5.32 Å². The largest absolute Gasteiger partial charge is 0.357 e. The highest BCUT2D eigenvalue weighted by molar-refractivity contribution is 7.09. The predicted molar refractivity (Wildman–Crippen MR) is 111 cm³/mol. The van der Waals surface area contributed by atoms with Crippen LogP contribution in [0.1, 0.15) is 28.8 Å². The van der Waals surface area contributed by atoms with Crippen LogP contribution in [0.5, 0.6) is 0 Å². The monoisotopic (exact) mass is 382 g/mol. The second kappa shape index (κ2) is 9.32. The highest BCUT2D eigenvalue weighted by Crippen LogP contribution is 2.11. The van der Waals surface area contributed by atoms with Gasteiger partial charge < -0.3 is 14.8 Å². The molecule has 1 aromatic carbocycles. The summed E-state index contributed by atoms with van der Waals surface area (Å²) >= 11 is 1.68. The van der Waals surface area contributed by atoms with Gasteiger partial charge in [0.05, 0.1) is 30.1 Å². The number of hydrogen-bond acceptors (Lipinski definition) is 4. The van der Waals surface area contributed by atoms with Crippen molar-refractivity contribution in [2.24, 2.45) is 4.99 Å². The van der Waals surface area contributed by atoms with Crippen molar-refractivity contribution in [3.63, 3.8) is 0 Å². The van der Waals surface area contributed by atoms with E-state index >= 15 is 0 Å². The van der Waals surface area contributed by atoms with Crippen LogP contribution in [0.4, 0.5) is 0 Å². The lowest BCUT2D eigenvalue weighted by molar-refractivity contribution is 0.471. The Morgan fingerprint density at radius 1 is 1.26 bits per heavy atom. The fourth-order valence-electron chi connectivity index (χ4n) is 2.78. The van der Waals surface area contributed by atoms with Gasteiger partial charge in [-0.3, -0.25) is 0 Å². The Labute approximate surface area is 164 Å². The normalized spacial score (nSPS) is 11.6. The molecule has 0 radical (unpaired) electrons. The molecule has 0 bridgehead atoms. The molecule has 0 fully saturated rings.